The molecule has 0 aliphatic rings. The largest absolute Gasteiger partial charge is 0.480 e. The molecule has 2 unspecified atom stereocenters. The van der Waals surface area contributed by atoms with Crippen LogP contribution < -0.4 is 11.1 Å². The molecule has 0 aliphatic heterocycles. The molecular weight excluding hydrogens is 296 g/mol. The second-order valence-electron chi connectivity index (χ2n) is 4.76. The zero-order valence-corrected chi connectivity index (χ0v) is 13.2. The van der Waals surface area contributed by atoms with E-state index in [2.05, 4.69) is 19.2 Å². The van der Waals surface area contributed by atoms with Crippen LogP contribution in [0.2, 0.25) is 0 Å². The summed E-state index contributed by atoms with van der Waals surface area (Å²) in [6.45, 7) is 4.11. The molecule has 0 radical (unpaired) electrons. The van der Waals surface area contributed by atoms with E-state index in [0.717, 1.165) is 4.88 Å². The number of carbonyl (C=O) groups excluding carboxylic acids is 1. The molecule has 1 rings (SSSR count). The molecule has 5 nitrogen and oxygen atoms in total. The van der Waals surface area contributed by atoms with Crippen molar-refractivity contribution in [3.8, 4) is 0 Å². The maximum absolute atomic E-state index is 11.9. The summed E-state index contributed by atoms with van der Waals surface area (Å²) < 4.78 is 0. The molecule has 4 N–H and O–H groups in total. The van der Waals surface area contributed by atoms with Gasteiger partial charge in [-0.15, -0.1) is 23.1 Å². The van der Waals surface area contributed by atoms with E-state index in [4.69, 9.17) is 10.8 Å². The van der Waals surface area contributed by atoms with Crippen LogP contribution in [-0.4, -0.2) is 34.5 Å². The Morgan fingerprint density at radius 1 is 1.50 bits per heavy atom. The van der Waals surface area contributed by atoms with Crippen molar-refractivity contribution in [3.05, 3.63) is 22.4 Å². The molecule has 0 aliphatic carbocycles. The monoisotopic (exact) mass is 316 g/mol. The van der Waals surface area contributed by atoms with Gasteiger partial charge in [-0.2, -0.15) is 0 Å². The lowest BCUT2D eigenvalue weighted by atomic mass is 10.0. The summed E-state index contributed by atoms with van der Waals surface area (Å²) in [7, 11) is 0. The van der Waals surface area contributed by atoms with Gasteiger partial charge in [0.25, 0.3) is 0 Å². The van der Waals surface area contributed by atoms with Crippen molar-refractivity contribution in [1.82, 2.24) is 5.32 Å². The minimum atomic E-state index is -1.04. The first-order chi connectivity index (χ1) is 9.41. The third-order valence-electron chi connectivity index (χ3n) is 2.68. The lowest BCUT2D eigenvalue weighted by Crippen LogP contribution is -2.35. The van der Waals surface area contributed by atoms with Gasteiger partial charge in [0.1, 0.15) is 6.04 Å². The van der Waals surface area contributed by atoms with Crippen LogP contribution in [0, 0.1) is 5.92 Å². The number of aliphatic carboxylic acids is 1. The standard InChI is InChI=1S/C13H20N2O3S2/c1-8(2)12(10-4-3-5-20-10)15-11(16)7-19-6-9(14)13(17)18/h3-5,8-9,12H,6-7,14H2,1-2H3,(H,15,16)(H,17,18). The van der Waals surface area contributed by atoms with Crippen molar-refractivity contribution in [2.24, 2.45) is 11.7 Å². The van der Waals surface area contributed by atoms with Gasteiger partial charge in [0.15, 0.2) is 0 Å². The summed E-state index contributed by atoms with van der Waals surface area (Å²) in [5.41, 5.74) is 5.38. The summed E-state index contributed by atoms with van der Waals surface area (Å²) in [5, 5.41) is 13.6. The normalized spacial score (nSPS) is 14.0. The zero-order valence-electron chi connectivity index (χ0n) is 11.5. The molecule has 112 valence electrons. The lowest BCUT2D eigenvalue weighted by Gasteiger charge is -2.21. The predicted molar refractivity (Wildman–Crippen MR) is 83.0 cm³/mol. The van der Waals surface area contributed by atoms with Gasteiger partial charge in [-0.3, -0.25) is 9.59 Å². The van der Waals surface area contributed by atoms with Crippen LogP contribution in [-0.2, 0) is 9.59 Å². The van der Waals surface area contributed by atoms with Gasteiger partial charge in [-0.25, -0.2) is 0 Å². The molecule has 0 aromatic carbocycles. The van der Waals surface area contributed by atoms with Gasteiger partial charge >= 0.3 is 5.97 Å². The van der Waals surface area contributed by atoms with Crippen LogP contribution in [0.3, 0.4) is 0 Å². The number of carboxylic acids is 1. The highest BCUT2D eigenvalue weighted by molar-refractivity contribution is 8.00. The van der Waals surface area contributed by atoms with E-state index >= 15 is 0 Å². The molecule has 1 aromatic heterocycles. The number of hydrogen-bond acceptors (Lipinski definition) is 5. The Bertz CT molecular complexity index is 435. The highest BCUT2D eigenvalue weighted by Gasteiger charge is 2.19. The van der Waals surface area contributed by atoms with E-state index in [1.165, 1.54) is 11.8 Å². The van der Waals surface area contributed by atoms with Gasteiger partial charge in [-0.1, -0.05) is 19.9 Å². The van der Waals surface area contributed by atoms with Crippen molar-refractivity contribution >= 4 is 35.0 Å². The molecule has 0 spiro atoms. The number of rotatable bonds is 8. The minimum Gasteiger partial charge on any atom is -0.480 e. The number of carboxylic acid groups (broad SMARTS) is 1. The van der Waals surface area contributed by atoms with Crippen LogP contribution in [0.4, 0.5) is 0 Å². The van der Waals surface area contributed by atoms with Crippen molar-refractivity contribution in [2.75, 3.05) is 11.5 Å². The topological polar surface area (TPSA) is 92.4 Å². The number of thiophene rings is 1. The number of nitrogens with two attached hydrogens (primary N) is 1. The van der Waals surface area contributed by atoms with Crippen LogP contribution >= 0.6 is 23.1 Å². The molecule has 0 fully saturated rings. The summed E-state index contributed by atoms with van der Waals surface area (Å²) in [5.74, 6) is -0.399. The van der Waals surface area contributed by atoms with Gasteiger partial charge in [0, 0.05) is 10.6 Å². The number of nitrogens with one attached hydrogen (secondary N) is 1. The molecule has 20 heavy (non-hydrogen) atoms. The Morgan fingerprint density at radius 2 is 2.20 bits per heavy atom. The number of carbonyl (C=O) groups is 2. The Balaban J connectivity index is 2.42. The van der Waals surface area contributed by atoms with Crippen LogP contribution in [0.5, 0.6) is 0 Å². The summed E-state index contributed by atoms with van der Waals surface area (Å²) in [6.07, 6.45) is 0. The molecule has 0 bridgehead atoms. The van der Waals surface area contributed by atoms with Crippen molar-refractivity contribution in [1.29, 1.82) is 0 Å². The summed E-state index contributed by atoms with van der Waals surface area (Å²) in [6, 6.07) is 3.04. The molecule has 2 atom stereocenters. The maximum Gasteiger partial charge on any atom is 0.321 e. The Morgan fingerprint density at radius 3 is 2.70 bits per heavy atom. The number of amides is 1. The van der Waals surface area contributed by atoms with Crippen LogP contribution in [0.25, 0.3) is 0 Å². The van der Waals surface area contributed by atoms with Gasteiger partial charge in [0.2, 0.25) is 5.91 Å². The fraction of sp³-hybridized carbons (Fsp3) is 0.538. The van der Waals surface area contributed by atoms with E-state index in [0.29, 0.717) is 5.92 Å². The Labute approximate surface area is 126 Å². The van der Waals surface area contributed by atoms with E-state index in [1.54, 1.807) is 11.3 Å². The fourth-order valence-electron chi connectivity index (χ4n) is 1.60. The maximum atomic E-state index is 11.9. The smallest absolute Gasteiger partial charge is 0.321 e. The fourth-order valence-corrected chi connectivity index (χ4v) is 3.33. The van der Waals surface area contributed by atoms with Gasteiger partial charge < -0.3 is 16.2 Å². The molecule has 1 heterocycles. The number of thioether (sulfide) groups is 1. The highest BCUT2D eigenvalue weighted by Crippen LogP contribution is 2.25. The molecular formula is C13H20N2O3S2. The molecule has 1 amide bonds. The Hall–Kier alpha value is -1.05. The first-order valence-corrected chi connectivity index (χ1v) is 8.34. The molecule has 0 saturated carbocycles. The van der Waals surface area contributed by atoms with E-state index in [9.17, 15) is 9.59 Å². The van der Waals surface area contributed by atoms with Crippen molar-refractivity contribution < 1.29 is 14.7 Å². The van der Waals surface area contributed by atoms with Crippen molar-refractivity contribution in [2.45, 2.75) is 25.9 Å². The molecule has 1 aromatic rings. The van der Waals surface area contributed by atoms with E-state index in [-0.39, 0.29) is 23.5 Å². The second-order valence-corrected chi connectivity index (χ2v) is 6.77. The minimum absolute atomic E-state index is 0.00347. The average molecular weight is 316 g/mol. The Kier molecular flexibility index (Phi) is 7.04. The summed E-state index contributed by atoms with van der Waals surface area (Å²) >= 11 is 2.85. The first kappa shape index (κ1) is 17.0. The quantitative estimate of drug-likeness (QED) is 0.679. The zero-order chi connectivity index (χ0) is 15.1. The highest BCUT2D eigenvalue weighted by atomic mass is 32.2. The van der Waals surface area contributed by atoms with Crippen molar-refractivity contribution in [3.63, 3.8) is 0 Å². The van der Waals surface area contributed by atoms with Crippen LogP contribution in [0.1, 0.15) is 24.8 Å². The molecule has 7 heteroatoms. The van der Waals surface area contributed by atoms with Gasteiger partial charge in [0.05, 0.1) is 11.8 Å². The van der Waals surface area contributed by atoms with Crippen LogP contribution in [0.15, 0.2) is 17.5 Å². The van der Waals surface area contributed by atoms with Gasteiger partial charge in [-0.05, 0) is 17.4 Å². The van der Waals surface area contributed by atoms with E-state index in [1.807, 2.05) is 17.5 Å². The summed E-state index contributed by atoms with van der Waals surface area (Å²) in [4.78, 5) is 23.6. The predicted octanol–water partition coefficient (Wildman–Crippen LogP) is 1.71. The third kappa shape index (κ3) is 5.52. The first-order valence-electron chi connectivity index (χ1n) is 6.30. The molecule has 0 saturated heterocycles. The lowest BCUT2D eigenvalue weighted by molar-refractivity contribution is -0.138. The average Bonchev–Trinajstić information content (AvgIpc) is 2.88. The van der Waals surface area contributed by atoms with E-state index < -0.39 is 12.0 Å². The third-order valence-corrected chi connectivity index (χ3v) is 4.70. The second kappa shape index (κ2) is 8.28. The SMILES string of the molecule is CC(C)C(NC(=O)CSCC(N)C(=O)O)c1cccs1. The number of hydrogen-bond donors (Lipinski definition) is 3.